The van der Waals surface area contributed by atoms with Gasteiger partial charge >= 0.3 is 5.97 Å². The Balaban J connectivity index is 3.44. The van der Waals surface area contributed by atoms with Crippen LogP contribution in [0.25, 0.3) is 0 Å². The molecule has 27 heavy (non-hydrogen) atoms. The number of allylic oxidation sites excluding steroid dienone is 10. The second-order valence-electron chi connectivity index (χ2n) is 6.53. The lowest BCUT2D eigenvalue weighted by Gasteiger charge is -2.02. The summed E-state index contributed by atoms with van der Waals surface area (Å²) in [6.07, 6.45) is 33.1. The predicted octanol–water partition coefficient (Wildman–Crippen LogP) is 7.64. The molecule has 0 aliphatic heterocycles. The van der Waals surface area contributed by atoms with Gasteiger partial charge < -0.3 is 4.74 Å². The molecule has 0 aliphatic carbocycles. The summed E-state index contributed by atoms with van der Waals surface area (Å²) in [4.78, 5) is 11.3. The Bertz CT molecular complexity index is 467. The molecule has 0 N–H and O–H groups in total. The van der Waals surface area contributed by atoms with Crippen LogP contribution >= 0.6 is 0 Å². The van der Waals surface area contributed by atoms with Crippen LogP contribution in [0, 0.1) is 0 Å². The lowest BCUT2D eigenvalue weighted by Crippen LogP contribution is -2.04. The minimum atomic E-state index is -0.0493. The molecule has 0 rings (SSSR count). The Morgan fingerprint density at radius 3 is 1.70 bits per heavy atom. The fourth-order valence-corrected chi connectivity index (χ4v) is 2.36. The highest BCUT2D eigenvalue weighted by molar-refractivity contribution is 5.69. The molecule has 0 aromatic carbocycles. The summed E-state index contributed by atoms with van der Waals surface area (Å²) in [7, 11) is 0. The van der Waals surface area contributed by atoms with Gasteiger partial charge in [0.05, 0.1) is 6.61 Å². The molecule has 2 heteroatoms. The van der Waals surface area contributed by atoms with Gasteiger partial charge in [-0.15, -0.1) is 0 Å². The molecule has 0 fully saturated rings. The van der Waals surface area contributed by atoms with Crippen molar-refractivity contribution in [2.24, 2.45) is 0 Å². The average molecular weight is 373 g/mol. The smallest absolute Gasteiger partial charge is 0.305 e. The number of carbonyl (C=O) groups excluding carboxylic acids is 1. The fourth-order valence-electron chi connectivity index (χ4n) is 2.36. The summed E-state index contributed by atoms with van der Waals surface area (Å²) in [5.41, 5.74) is 0. The molecule has 0 heterocycles. The van der Waals surface area contributed by atoms with Gasteiger partial charge in [0.15, 0.2) is 0 Å². The molecule has 152 valence electrons. The Morgan fingerprint density at radius 1 is 0.667 bits per heavy atom. The van der Waals surface area contributed by atoms with Crippen LogP contribution in [-0.2, 0) is 9.53 Å². The van der Waals surface area contributed by atoms with E-state index in [-0.39, 0.29) is 5.97 Å². The Morgan fingerprint density at radius 2 is 1.19 bits per heavy atom. The quantitative estimate of drug-likeness (QED) is 0.149. The molecule has 0 aliphatic rings. The Kier molecular flexibility index (Phi) is 20.7. The van der Waals surface area contributed by atoms with E-state index in [9.17, 15) is 4.79 Å². The molecule has 0 saturated heterocycles. The lowest BCUT2D eigenvalue weighted by atomic mass is 10.1. The molecule has 2 nitrogen and oxygen atoms in total. The van der Waals surface area contributed by atoms with E-state index in [4.69, 9.17) is 4.74 Å². The van der Waals surface area contributed by atoms with E-state index < -0.39 is 0 Å². The van der Waals surface area contributed by atoms with Crippen LogP contribution in [0.1, 0.15) is 84.5 Å². The van der Waals surface area contributed by atoms with Crippen molar-refractivity contribution in [3.05, 3.63) is 60.8 Å². The van der Waals surface area contributed by atoms with Gasteiger partial charge in [-0.3, -0.25) is 4.79 Å². The van der Waals surface area contributed by atoms with Gasteiger partial charge in [-0.05, 0) is 57.8 Å². The first kappa shape index (κ1) is 25.2. The van der Waals surface area contributed by atoms with Crippen molar-refractivity contribution in [1.82, 2.24) is 0 Å². The maximum absolute atomic E-state index is 11.3. The minimum Gasteiger partial charge on any atom is -0.466 e. The normalized spacial score (nSPS) is 12.5. The number of carbonyl (C=O) groups is 1. The van der Waals surface area contributed by atoms with Gasteiger partial charge in [0.2, 0.25) is 0 Å². The van der Waals surface area contributed by atoms with Gasteiger partial charge in [-0.25, -0.2) is 0 Å². The first-order valence-electron chi connectivity index (χ1n) is 10.7. The number of rotatable bonds is 17. The third-order valence-electron chi connectivity index (χ3n) is 3.88. The predicted molar refractivity (Wildman–Crippen MR) is 119 cm³/mol. The molecule has 0 spiro atoms. The average Bonchev–Trinajstić information content (AvgIpc) is 2.68. The van der Waals surface area contributed by atoms with Gasteiger partial charge in [-0.1, -0.05) is 81.0 Å². The third-order valence-corrected chi connectivity index (χ3v) is 3.88. The largest absolute Gasteiger partial charge is 0.466 e. The van der Waals surface area contributed by atoms with Gasteiger partial charge in [0.25, 0.3) is 0 Å². The molecule has 0 saturated carbocycles. The first-order valence-corrected chi connectivity index (χ1v) is 10.7. The summed E-state index contributed by atoms with van der Waals surface area (Å²) < 4.78 is 5.06. The number of ether oxygens (including phenoxy) is 1. The SMILES string of the molecule is CC/C=C\C/C=C\C/C=C\C/C=C\C/C=C\CCCCCC(=O)OCCC. The second-order valence-corrected chi connectivity index (χ2v) is 6.53. The number of unbranched alkanes of at least 4 members (excludes halogenated alkanes) is 3. The molecular formula is C25H40O2. The van der Waals surface area contributed by atoms with Crippen molar-refractivity contribution in [2.45, 2.75) is 84.5 Å². The van der Waals surface area contributed by atoms with Crippen LogP contribution in [0.3, 0.4) is 0 Å². The Labute approximate surface area is 167 Å². The zero-order valence-electron chi connectivity index (χ0n) is 17.6. The zero-order valence-corrected chi connectivity index (χ0v) is 17.6. The molecule has 0 amide bonds. The highest BCUT2D eigenvalue weighted by Crippen LogP contribution is 2.05. The molecule has 0 aromatic heterocycles. The van der Waals surface area contributed by atoms with E-state index in [1.54, 1.807) is 0 Å². The highest BCUT2D eigenvalue weighted by Gasteiger charge is 2.00. The van der Waals surface area contributed by atoms with E-state index >= 15 is 0 Å². The second kappa shape index (κ2) is 22.2. The van der Waals surface area contributed by atoms with Gasteiger partial charge in [0.1, 0.15) is 0 Å². The van der Waals surface area contributed by atoms with Crippen molar-refractivity contribution in [3.63, 3.8) is 0 Å². The highest BCUT2D eigenvalue weighted by atomic mass is 16.5. The third kappa shape index (κ3) is 22.1. The summed E-state index contributed by atoms with van der Waals surface area (Å²) in [6, 6.07) is 0. The van der Waals surface area contributed by atoms with Crippen LogP contribution in [0.5, 0.6) is 0 Å². The van der Waals surface area contributed by atoms with Crippen LogP contribution in [0.15, 0.2) is 60.8 Å². The van der Waals surface area contributed by atoms with E-state index in [0.717, 1.165) is 64.2 Å². The van der Waals surface area contributed by atoms with E-state index in [1.165, 1.54) is 0 Å². The van der Waals surface area contributed by atoms with Crippen LogP contribution in [0.2, 0.25) is 0 Å². The van der Waals surface area contributed by atoms with Crippen LogP contribution in [-0.4, -0.2) is 12.6 Å². The minimum absolute atomic E-state index is 0.0493. The zero-order chi connectivity index (χ0) is 19.8. The van der Waals surface area contributed by atoms with Gasteiger partial charge in [0, 0.05) is 6.42 Å². The molecule has 0 atom stereocenters. The first-order chi connectivity index (χ1) is 13.3. The summed E-state index contributed by atoms with van der Waals surface area (Å²) in [6.45, 7) is 4.72. The molecule has 0 radical (unpaired) electrons. The number of hydrogen-bond donors (Lipinski definition) is 0. The molecular weight excluding hydrogens is 332 g/mol. The van der Waals surface area contributed by atoms with Crippen molar-refractivity contribution in [1.29, 1.82) is 0 Å². The van der Waals surface area contributed by atoms with E-state index in [2.05, 4.69) is 67.7 Å². The molecule has 0 bridgehead atoms. The summed E-state index contributed by atoms with van der Waals surface area (Å²) >= 11 is 0. The number of esters is 1. The van der Waals surface area contributed by atoms with Crippen LogP contribution in [0.4, 0.5) is 0 Å². The lowest BCUT2D eigenvalue weighted by molar-refractivity contribution is -0.143. The Hall–Kier alpha value is -1.83. The number of hydrogen-bond acceptors (Lipinski definition) is 2. The molecule has 0 unspecified atom stereocenters. The van der Waals surface area contributed by atoms with Gasteiger partial charge in [-0.2, -0.15) is 0 Å². The van der Waals surface area contributed by atoms with Crippen molar-refractivity contribution in [2.75, 3.05) is 6.61 Å². The molecule has 0 aromatic rings. The monoisotopic (exact) mass is 372 g/mol. The maximum atomic E-state index is 11.3. The van der Waals surface area contributed by atoms with E-state index in [0.29, 0.717) is 13.0 Å². The summed E-state index contributed by atoms with van der Waals surface area (Å²) in [5.74, 6) is -0.0493. The van der Waals surface area contributed by atoms with Crippen molar-refractivity contribution < 1.29 is 9.53 Å². The van der Waals surface area contributed by atoms with Crippen molar-refractivity contribution >= 4 is 5.97 Å². The van der Waals surface area contributed by atoms with E-state index in [1.807, 2.05) is 6.92 Å². The summed E-state index contributed by atoms with van der Waals surface area (Å²) in [5, 5.41) is 0. The maximum Gasteiger partial charge on any atom is 0.305 e. The topological polar surface area (TPSA) is 26.3 Å². The fraction of sp³-hybridized carbons (Fsp3) is 0.560. The van der Waals surface area contributed by atoms with Crippen LogP contribution < -0.4 is 0 Å². The standard InChI is InChI=1S/C25H40O2/c1-3-5-6-7-8-9-10-11-12-13-14-15-16-17-18-19-20-21-22-23-25(26)27-24-4-2/h5-6,8-9,11-12,14-15,17-18H,3-4,7,10,13,16,19-24H2,1-2H3/b6-5-,9-8-,12-11-,15-14-,18-17-. The van der Waals surface area contributed by atoms with Crippen molar-refractivity contribution in [3.8, 4) is 0 Å².